The minimum absolute atomic E-state index is 0.0642. The van der Waals surface area contributed by atoms with Crippen LogP contribution in [0.3, 0.4) is 0 Å². The molecule has 2 saturated heterocycles. The molecule has 0 bridgehead atoms. The summed E-state index contributed by atoms with van der Waals surface area (Å²) in [6.45, 7) is 2.63. The summed E-state index contributed by atoms with van der Waals surface area (Å²) in [6.07, 6.45) is 0.394. The number of phenolic OH excluding ortho intramolecular Hbond substituents is 2. The zero-order valence-corrected chi connectivity index (χ0v) is 20.9. The molecule has 2 N–H and O–H groups in total. The summed E-state index contributed by atoms with van der Waals surface area (Å²) in [7, 11) is 0. The first kappa shape index (κ1) is 24.3. The molecule has 0 spiro atoms. The summed E-state index contributed by atoms with van der Waals surface area (Å²) in [4.78, 5) is 0. The minimum Gasteiger partial charge on any atom is -0.508 e. The normalized spacial score (nSPS) is 18.7. The third-order valence-electron chi connectivity index (χ3n) is 6.99. The molecule has 2 unspecified atom stereocenters. The highest BCUT2D eigenvalue weighted by Crippen LogP contribution is 2.44. The third-order valence-corrected chi connectivity index (χ3v) is 6.99. The lowest BCUT2D eigenvalue weighted by Gasteiger charge is -2.30. The summed E-state index contributed by atoms with van der Waals surface area (Å²) >= 11 is 0. The summed E-state index contributed by atoms with van der Waals surface area (Å²) in [5, 5.41) is 20.0. The lowest BCUT2D eigenvalue weighted by atomic mass is 9.73. The van der Waals surface area contributed by atoms with Gasteiger partial charge in [0.2, 0.25) is 0 Å². The van der Waals surface area contributed by atoms with E-state index in [1.54, 1.807) is 24.3 Å². The van der Waals surface area contributed by atoms with Crippen molar-refractivity contribution in [2.45, 2.75) is 24.0 Å². The molecule has 6 nitrogen and oxygen atoms in total. The van der Waals surface area contributed by atoms with Crippen molar-refractivity contribution in [2.75, 3.05) is 26.4 Å². The molecular formula is C32H30O6. The Morgan fingerprint density at radius 1 is 0.526 bits per heavy atom. The number of epoxide rings is 2. The predicted octanol–water partition coefficient (Wildman–Crippen LogP) is 5.62. The van der Waals surface area contributed by atoms with Crippen molar-refractivity contribution in [1.82, 2.24) is 0 Å². The molecule has 6 heteroatoms. The quantitative estimate of drug-likeness (QED) is 0.255. The van der Waals surface area contributed by atoms with Crippen molar-refractivity contribution in [3.05, 3.63) is 119 Å². The smallest absolute Gasteiger partial charge is 0.119 e. The lowest BCUT2D eigenvalue weighted by molar-refractivity contribution is 0.263. The molecule has 0 radical (unpaired) electrons. The molecule has 2 aliphatic rings. The van der Waals surface area contributed by atoms with Gasteiger partial charge in [0, 0.05) is 11.8 Å². The summed E-state index contributed by atoms with van der Waals surface area (Å²) < 4.78 is 22.3. The molecule has 194 valence electrons. The highest BCUT2D eigenvalue weighted by atomic mass is 16.6. The summed E-state index contributed by atoms with van der Waals surface area (Å²) in [5.41, 5.74) is 4.34. The van der Waals surface area contributed by atoms with Gasteiger partial charge in [-0.3, -0.25) is 0 Å². The Bertz CT molecular complexity index is 1220. The number of hydrogen-bond donors (Lipinski definition) is 2. The van der Waals surface area contributed by atoms with E-state index < -0.39 is 0 Å². The van der Waals surface area contributed by atoms with Gasteiger partial charge < -0.3 is 29.2 Å². The number of aromatic hydroxyl groups is 2. The Morgan fingerprint density at radius 3 is 1.11 bits per heavy atom. The molecular weight excluding hydrogens is 480 g/mol. The molecule has 2 heterocycles. The topological polar surface area (TPSA) is 84.0 Å². The average Bonchev–Trinajstić information content (AvgIpc) is 3.87. The Morgan fingerprint density at radius 2 is 0.816 bits per heavy atom. The second kappa shape index (κ2) is 10.8. The van der Waals surface area contributed by atoms with E-state index in [9.17, 15) is 10.2 Å². The van der Waals surface area contributed by atoms with E-state index in [-0.39, 0.29) is 35.5 Å². The van der Waals surface area contributed by atoms with Crippen LogP contribution in [0.15, 0.2) is 97.1 Å². The first-order valence-electron chi connectivity index (χ1n) is 12.9. The number of ether oxygens (including phenoxy) is 4. The highest BCUT2D eigenvalue weighted by molar-refractivity contribution is 5.48. The number of phenols is 2. The fraction of sp³-hybridized carbons (Fsp3) is 0.250. The fourth-order valence-electron chi connectivity index (χ4n) is 4.77. The van der Waals surface area contributed by atoms with Gasteiger partial charge in [0.1, 0.15) is 48.4 Å². The number of hydrogen-bond acceptors (Lipinski definition) is 6. The van der Waals surface area contributed by atoms with Crippen LogP contribution >= 0.6 is 0 Å². The van der Waals surface area contributed by atoms with Crippen LogP contribution in [-0.4, -0.2) is 48.8 Å². The highest BCUT2D eigenvalue weighted by Gasteiger charge is 2.29. The molecule has 0 aliphatic carbocycles. The second-order valence-corrected chi connectivity index (χ2v) is 9.81. The summed E-state index contributed by atoms with van der Waals surface area (Å²) in [6, 6.07) is 31.1. The number of rotatable bonds is 11. The van der Waals surface area contributed by atoms with Gasteiger partial charge in [0.25, 0.3) is 0 Å². The Balaban J connectivity index is 1.39. The van der Waals surface area contributed by atoms with Gasteiger partial charge in [-0.1, -0.05) is 48.5 Å². The van der Waals surface area contributed by atoms with Gasteiger partial charge in [-0.25, -0.2) is 0 Å². The van der Waals surface area contributed by atoms with Crippen LogP contribution in [-0.2, 0) is 9.47 Å². The van der Waals surface area contributed by atoms with Crippen LogP contribution in [0.1, 0.15) is 34.1 Å². The Hall–Kier alpha value is -4.00. The van der Waals surface area contributed by atoms with E-state index in [0.29, 0.717) is 13.2 Å². The maximum absolute atomic E-state index is 9.99. The van der Waals surface area contributed by atoms with Crippen molar-refractivity contribution in [3.8, 4) is 23.0 Å². The molecule has 0 aromatic heterocycles. The second-order valence-electron chi connectivity index (χ2n) is 9.81. The van der Waals surface area contributed by atoms with Gasteiger partial charge in [0.15, 0.2) is 0 Å². The van der Waals surface area contributed by atoms with Crippen molar-refractivity contribution in [3.63, 3.8) is 0 Å². The standard InChI is InChI=1S/C32H30O6/c33-25-9-1-21(2-10-25)31(22-3-11-26(34)12-4-22)32(23-5-13-27(14-6-23)35-17-29-19-37-29)24-7-15-28(16-8-24)36-18-30-20-38-30/h1-16,29-34H,17-20H2. The molecule has 2 fully saturated rings. The molecule has 38 heavy (non-hydrogen) atoms. The SMILES string of the molecule is Oc1ccc(C(c2ccc(O)cc2)C(c2ccc(OCC3CO3)cc2)c2ccc(OCC3CO3)cc2)cc1. The zero-order valence-electron chi connectivity index (χ0n) is 20.9. The van der Waals surface area contributed by atoms with E-state index in [1.807, 2.05) is 48.5 Å². The van der Waals surface area contributed by atoms with Gasteiger partial charge in [-0.2, -0.15) is 0 Å². The van der Waals surface area contributed by atoms with Crippen LogP contribution in [0.4, 0.5) is 0 Å². The molecule has 2 atom stereocenters. The monoisotopic (exact) mass is 510 g/mol. The van der Waals surface area contributed by atoms with E-state index >= 15 is 0 Å². The Labute approximate surface area is 222 Å². The largest absolute Gasteiger partial charge is 0.508 e. The van der Waals surface area contributed by atoms with Crippen LogP contribution in [0.2, 0.25) is 0 Å². The molecule has 2 aliphatic heterocycles. The van der Waals surface area contributed by atoms with E-state index in [0.717, 1.165) is 47.0 Å². The zero-order chi connectivity index (χ0) is 25.9. The first-order valence-corrected chi connectivity index (χ1v) is 12.9. The molecule has 4 aromatic rings. The van der Waals surface area contributed by atoms with Gasteiger partial charge in [-0.15, -0.1) is 0 Å². The van der Waals surface area contributed by atoms with Crippen molar-refractivity contribution in [2.24, 2.45) is 0 Å². The third kappa shape index (κ3) is 5.93. The Kier molecular flexibility index (Phi) is 6.90. The van der Waals surface area contributed by atoms with Crippen molar-refractivity contribution in [1.29, 1.82) is 0 Å². The maximum Gasteiger partial charge on any atom is 0.119 e. The molecule has 4 aromatic carbocycles. The predicted molar refractivity (Wildman–Crippen MR) is 143 cm³/mol. The minimum atomic E-state index is -0.0885. The molecule has 6 rings (SSSR count). The van der Waals surface area contributed by atoms with Crippen molar-refractivity contribution >= 4 is 0 Å². The van der Waals surface area contributed by atoms with Crippen molar-refractivity contribution < 1.29 is 29.2 Å². The van der Waals surface area contributed by atoms with Crippen LogP contribution in [0.5, 0.6) is 23.0 Å². The van der Waals surface area contributed by atoms with E-state index in [1.165, 1.54) is 0 Å². The lowest BCUT2D eigenvalue weighted by Crippen LogP contribution is -2.15. The van der Waals surface area contributed by atoms with E-state index in [2.05, 4.69) is 24.3 Å². The van der Waals surface area contributed by atoms with Crippen LogP contribution in [0, 0.1) is 0 Å². The number of benzene rings is 4. The molecule has 0 amide bonds. The fourth-order valence-corrected chi connectivity index (χ4v) is 4.77. The average molecular weight is 511 g/mol. The first-order chi connectivity index (χ1) is 18.6. The molecule has 0 saturated carbocycles. The van der Waals surface area contributed by atoms with Crippen LogP contribution in [0.25, 0.3) is 0 Å². The van der Waals surface area contributed by atoms with E-state index in [4.69, 9.17) is 18.9 Å². The van der Waals surface area contributed by atoms with Gasteiger partial charge in [-0.05, 0) is 70.8 Å². The van der Waals surface area contributed by atoms with Gasteiger partial charge >= 0.3 is 0 Å². The van der Waals surface area contributed by atoms with Crippen LogP contribution < -0.4 is 9.47 Å². The summed E-state index contributed by atoms with van der Waals surface area (Å²) in [5.74, 6) is 1.90. The van der Waals surface area contributed by atoms with Gasteiger partial charge in [0.05, 0.1) is 13.2 Å². The maximum atomic E-state index is 9.99.